The second-order valence-corrected chi connectivity index (χ2v) is 6.42. The summed E-state index contributed by atoms with van der Waals surface area (Å²) >= 11 is 0. The smallest absolute Gasteiger partial charge is 0.338 e. The fourth-order valence-electron chi connectivity index (χ4n) is 3.17. The first-order chi connectivity index (χ1) is 13.9. The van der Waals surface area contributed by atoms with E-state index in [0.29, 0.717) is 6.42 Å². The van der Waals surface area contributed by atoms with Gasteiger partial charge in [-0.2, -0.15) is 0 Å². The first-order valence-corrected chi connectivity index (χ1v) is 8.76. The number of non-ortho nitro benzene ring substituents is 1. The van der Waals surface area contributed by atoms with Gasteiger partial charge in [-0.1, -0.05) is 30.3 Å². The summed E-state index contributed by atoms with van der Waals surface area (Å²) in [5, 5.41) is 10.8. The highest BCUT2D eigenvalue weighted by atomic mass is 16.6. The van der Waals surface area contributed by atoms with E-state index >= 15 is 0 Å². The van der Waals surface area contributed by atoms with Crippen LogP contribution in [0.4, 0.5) is 5.69 Å². The molecule has 0 aliphatic carbocycles. The van der Waals surface area contributed by atoms with Gasteiger partial charge in [-0.3, -0.25) is 14.9 Å². The lowest BCUT2D eigenvalue weighted by atomic mass is 9.94. The Balaban J connectivity index is 1.71. The maximum Gasteiger partial charge on any atom is 0.338 e. The molecule has 1 amide bonds. The number of fused-ring (bicyclic) bond motifs is 1. The molecule has 0 bridgehead atoms. The lowest BCUT2D eigenvalue weighted by molar-refractivity contribution is -0.384. The molecule has 29 heavy (non-hydrogen) atoms. The topological polar surface area (TPSA) is 116 Å². The number of esters is 2. The van der Waals surface area contributed by atoms with Gasteiger partial charge in [0, 0.05) is 25.1 Å². The zero-order chi connectivity index (χ0) is 21.0. The molecule has 2 aromatic rings. The Hall–Kier alpha value is -3.75. The van der Waals surface area contributed by atoms with Crippen LogP contribution in [0, 0.1) is 10.1 Å². The Kier molecular flexibility index (Phi) is 5.87. The van der Waals surface area contributed by atoms with Crippen molar-refractivity contribution < 1.29 is 28.8 Å². The first kappa shape index (κ1) is 20.0. The monoisotopic (exact) mass is 398 g/mol. The fraction of sp³-hybridized carbons (Fsp3) is 0.250. The molecule has 0 saturated carbocycles. The van der Waals surface area contributed by atoms with E-state index < -0.39 is 35.4 Å². The minimum atomic E-state index is -0.867. The van der Waals surface area contributed by atoms with Gasteiger partial charge in [-0.05, 0) is 17.2 Å². The van der Waals surface area contributed by atoms with Gasteiger partial charge < -0.3 is 14.4 Å². The van der Waals surface area contributed by atoms with Crippen LogP contribution in [0.1, 0.15) is 21.5 Å². The molecule has 0 radical (unpaired) electrons. The van der Waals surface area contributed by atoms with Crippen LogP contribution in [0.15, 0.2) is 48.5 Å². The SMILES string of the molecule is COC(=O)[C@H]1Cc2ccccc2CN1C(=O)COC(=O)c1cccc([N+](=O)[O-])c1. The summed E-state index contributed by atoms with van der Waals surface area (Å²) < 4.78 is 9.83. The van der Waals surface area contributed by atoms with Gasteiger partial charge in [0.1, 0.15) is 6.04 Å². The van der Waals surface area contributed by atoms with E-state index in [1.165, 1.54) is 30.2 Å². The third-order valence-corrected chi connectivity index (χ3v) is 4.66. The van der Waals surface area contributed by atoms with Gasteiger partial charge in [0.25, 0.3) is 11.6 Å². The molecule has 1 aliphatic heterocycles. The second kappa shape index (κ2) is 8.51. The van der Waals surface area contributed by atoms with E-state index in [9.17, 15) is 24.5 Å². The molecule has 0 spiro atoms. The molecule has 1 aliphatic rings. The Bertz CT molecular complexity index is 973. The van der Waals surface area contributed by atoms with Crippen LogP contribution in [0.3, 0.4) is 0 Å². The molecule has 1 atom stereocenters. The number of hydrogen-bond acceptors (Lipinski definition) is 7. The van der Waals surface area contributed by atoms with Crippen LogP contribution in [0.5, 0.6) is 0 Å². The van der Waals surface area contributed by atoms with Crippen molar-refractivity contribution in [2.75, 3.05) is 13.7 Å². The second-order valence-electron chi connectivity index (χ2n) is 6.42. The van der Waals surface area contributed by atoms with Gasteiger partial charge in [0.15, 0.2) is 6.61 Å². The standard InChI is InChI=1S/C20H18N2O7/c1-28-20(25)17-10-13-5-2-3-6-15(13)11-21(17)18(23)12-29-19(24)14-7-4-8-16(9-14)22(26)27/h2-9,17H,10-12H2,1H3/t17-/m1/s1. The number of carbonyl (C=O) groups is 3. The Labute approximate surface area is 166 Å². The van der Waals surface area contributed by atoms with E-state index in [1.54, 1.807) is 0 Å². The van der Waals surface area contributed by atoms with Gasteiger partial charge in [0.05, 0.1) is 17.6 Å². The van der Waals surface area contributed by atoms with Crippen LogP contribution in [0.2, 0.25) is 0 Å². The van der Waals surface area contributed by atoms with Crippen molar-refractivity contribution in [1.82, 2.24) is 4.90 Å². The van der Waals surface area contributed by atoms with E-state index in [-0.39, 0.29) is 17.8 Å². The molecular formula is C20H18N2O7. The van der Waals surface area contributed by atoms with Crippen molar-refractivity contribution in [1.29, 1.82) is 0 Å². The Morgan fingerprint density at radius 3 is 2.55 bits per heavy atom. The summed E-state index contributed by atoms with van der Waals surface area (Å²) in [7, 11) is 1.24. The Morgan fingerprint density at radius 1 is 1.14 bits per heavy atom. The zero-order valence-electron chi connectivity index (χ0n) is 15.6. The largest absolute Gasteiger partial charge is 0.467 e. The van der Waals surface area contributed by atoms with E-state index in [4.69, 9.17) is 9.47 Å². The number of nitrogens with zero attached hydrogens (tertiary/aromatic N) is 2. The third kappa shape index (κ3) is 4.40. The predicted molar refractivity (Wildman–Crippen MR) is 99.9 cm³/mol. The molecule has 150 valence electrons. The summed E-state index contributed by atoms with van der Waals surface area (Å²) in [6, 6.07) is 11.6. The molecule has 2 aromatic carbocycles. The van der Waals surface area contributed by atoms with Crippen LogP contribution < -0.4 is 0 Å². The molecule has 0 saturated heterocycles. The fourth-order valence-corrected chi connectivity index (χ4v) is 3.17. The Morgan fingerprint density at radius 2 is 1.86 bits per heavy atom. The number of ether oxygens (including phenoxy) is 2. The quantitative estimate of drug-likeness (QED) is 0.429. The number of benzene rings is 2. The van der Waals surface area contributed by atoms with E-state index in [2.05, 4.69) is 0 Å². The average Bonchev–Trinajstić information content (AvgIpc) is 2.75. The average molecular weight is 398 g/mol. The number of hydrogen-bond donors (Lipinski definition) is 0. The molecule has 9 nitrogen and oxygen atoms in total. The maximum atomic E-state index is 12.7. The van der Waals surface area contributed by atoms with Gasteiger partial charge in [0.2, 0.25) is 0 Å². The first-order valence-electron chi connectivity index (χ1n) is 8.76. The molecule has 1 heterocycles. The van der Waals surface area contributed by atoms with Crippen LogP contribution >= 0.6 is 0 Å². The van der Waals surface area contributed by atoms with Crippen LogP contribution in [0.25, 0.3) is 0 Å². The van der Waals surface area contributed by atoms with Crippen molar-refractivity contribution in [3.05, 3.63) is 75.3 Å². The highest BCUT2D eigenvalue weighted by Crippen LogP contribution is 2.24. The summed E-state index contributed by atoms with van der Waals surface area (Å²) in [6.07, 6.45) is 0.299. The molecule has 0 fully saturated rings. The highest BCUT2D eigenvalue weighted by Gasteiger charge is 2.35. The molecular weight excluding hydrogens is 380 g/mol. The third-order valence-electron chi connectivity index (χ3n) is 4.66. The van der Waals surface area contributed by atoms with Gasteiger partial charge in [-0.25, -0.2) is 9.59 Å². The molecule has 3 rings (SSSR count). The normalized spacial score (nSPS) is 15.2. The number of amides is 1. The summed E-state index contributed by atoms with van der Waals surface area (Å²) in [4.78, 5) is 48.5. The summed E-state index contributed by atoms with van der Waals surface area (Å²) in [5.74, 6) is -1.99. The van der Waals surface area contributed by atoms with Crippen molar-refractivity contribution >= 4 is 23.5 Å². The van der Waals surface area contributed by atoms with Crippen LogP contribution in [-0.2, 0) is 32.0 Å². The zero-order valence-corrected chi connectivity index (χ0v) is 15.6. The minimum Gasteiger partial charge on any atom is -0.467 e. The van der Waals surface area contributed by atoms with Crippen molar-refractivity contribution in [3.63, 3.8) is 0 Å². The number of rotatable bonds is 5. The number of methoxy groups -OCH3 is 1. The van der Waals surface area contributed by atoms with Crippen molar-refractivity contribution in [3.8, 4) is 0 Å². The molecule has 0 N–H and O–H groups in total. The number of nitro groups is 1. The lowest BCUT2D eigenvalue weighted by Gasteiger charge is -2.35. The summed E-state index contributed by atoms with van der Waals surface area (Å²) in [5.41, 5.74) is 1.54. The van der Waals surface area contributed by atoms with Crippen molar-refractivity contribution in [2.45, 2.75) is 19.0 Å². The predicted octanol–water partition coefficient (Wildman–Crippen LogP) is 1.88. The van der Waals surface area contributed by atoms with Gasteiger partial charge >= 0.3 is 11.9 Å². The van der Waals surface area contributed by atoms with E-state index in [0.717, 1.165) is 17.2 Å². The lowest BCUT2D eigenvalue weighted by Crippen LogP contribution is -2.50. The molecule has 0 unspecified atom stereocenters. The molecule has 0 aromatic heterocycles. The number of carbonyl (C=O) groups excluding carboxylic acids is 3. The maximum absolute atomic E-state index is 12.7. The van der Waals surface area contributed by atoms with Crippen LogP contribution in [-0.4, -0.2) is 47.4 Å². The number of nitro benzene ring substituents is 1. The van der Waals surface area contributed by atoms with Crippen molar-refractivity contribution in [2.24, 2.45) is 0 Å². The van der Waals surface area contributed by atoms with Gasteiger partial charge in [-0.15, -0.1) is 0 Å². The summed E-state index contributed by atoms with van der Waals surface area (Å²) in [6.45, 7) is -0.416. The minimum absolute atomic E-state index is 0.0412. The van der Waals surface area contributed by atoms with E-state index in [1.807, 2.05) is 24.3 Å². The molecule has 9 heteroatoms. The highest BCUT2D eigenvalue weighted by molar-refractivity contribution is 5.92.